The number of rotatable bonds is 3. The van der Waals surface area contributed by atoms with Crippen molar-refractivity contribution < 1.29 is 4.74 Å². The molecule has 0 atom stereocenters. The van der Waals surface area contributed by atoms with Gasteiger partial charge in [0.1, 0.15) is 17.9 Å². The maximum atomic E-state index is 9.05. The average molecular weight is 241 g/mol. The van der Waals surface area contributed by atoms with Gasteiger partial charge in [0.15, 0.2) is 0 Å². The monoisotopic (exact) mass is 241 g/mol. The Balaban J connectivity index is 1.93. The standard InChI is InChI=1S/C14H15N3O/c1-10-3-4-12(13-11(10)7-17(2)16-13)18-9-14(8-15)5-6-14/h3-4,7H,5-6,9H2,1-2H3. The lowest BCUT2D eigenvalue weighted by Gasteiger charge is -2.10. The van der Waals surface area contributed by atoms with Gasteiger partial charge >= 0.3 is 0 Å². The highest BCUT2D eigenvalue weighted by atomic mass is 16.5. The Hall–Kier alpha value is -2.02. The predicted octanol–water partition coefficient (Wildman–Crippen LogP) is 2.56. The predicted molar refractivity (Wildman–Crippen MR) is 68.2 cm³/mol. The summed E-state index contributed by atoms with van der Waals surface area (Å²) in [7, 11) is 1.90. The van der Waals surface area contributed by atoms with Gasteiger partial charge in [-0.25, -0.2) is 0 Å². The number of benzene rings is 1. The molecular formula is C14H15N3O. The molecule has 1 aliphatic rings. The van der Waals surface area contributed by atoms with Crippen LogP contribution < -0.4 is 4.74 Å². The van der Waals surface area contributed by atoms with E-state index in [0.29, 0.717) is 6.61 Å². The topological polar surface area (TPSA) is 50.8 Å². The fraction of sp³-hybridized carbons (Fsp3) is 0.429. The molecule has 92 valence electrons. The number of aryl methyl sites for hydroxylation is 2. The van der Waals surface area contributed by atoms with Crippen LogP contribution in [0.5, 0.6) is 5.75 Å². The van der Waals surface area contributed by atoms with E-state index < -0.39 is 0 Å². The first-order valence-corrected chi connectivity index (χ1v) is 6.11. The van der Waals surface area contributed by atoms with Crippen LogP contribution in [0, 0.1) is 23.7 Å². The van der Waals surface area contributed by atoms with Crippen LogP contribution >= 0.6 is 0 Å². The Kier molecular flexibility index (Phi) is 2.30. The normalized spacial score (nSPS) is 16.5. The smallest absolute Gasteiger partial charge is 0.147 e. The van der Waals surface area contributed by atoms with Gasteiger partial charge in [-0.2, -0.15) is 10.4 Å². The molecule has 18 heavy (non-hydrogen) atoms. The lowest BCUT2D eigenvalue weighted by molar-refractivity contribution is 0.271. The lowest BCUT2D eigenvalue weighted by atomic mass is 10.1. The molecule has 0 saturated heterocycles. The number of hydrogen-bond donors (Lipinski definition) is 0. The third kappa shape index (κ3) is 1.72. The van der Waals surface area contributed by atoms with E-state index in [0.717, 1.165) is 29.5 Å². The summed E-state index contributed by atoms with van der Waals surface area (Å²) in [5.74, 6) is 0.776. The summed E-state index contributed by atoms with van der Waals surface area (Å²) < 4.78 is 7.60. The van der Waals surface area contributed by atoms with Crippen LogP contribution in [0.15, 0.2) is 18.3 Å². The molecule has 1 heterocycles. The van der Waals surface area contributed by atoms with Crippen molar-refractivity contribution >= 4 is 10.9 Å². The number of nitrogens with zero attached hydrogens (tertiary/aromatic N) is 3. The van der Waals surface area contributed by atoms with Gasteiger partial charge < -0.3 is 4.74 Å². The zero-order valence-electron chi connectivity index (χ0n) is 10.6. The summed E-state index contributed by atoms with van der Waals surface area (Å²) in [5, 5.41) is 14.6. The third-order valence-corrected chi connectivity index (χ3v) is 3.57. The van der Waals surface area contributed by atoms with Crippen molar-refractivity contribution in [1.82, 2.24) is 9.78 Å². The van der Waals surface area contributed by atoms with Crippen molar-refractivity contribution in [2.24, 2.45) is 12.5 Å². The van der Waals surface area contributed by atoms with Crippen LogP contribution in [0.3, 0.4) is 0 Å². The summed E-state index contributed by atoms with van der Waals surface area (Å²) in [6, 6.07) is 6.31. The molecule has 1 aromatic carbocycles. The van der Waals surface area contributed by atoms with E-state index in [1.165, 1.54) is 5.56 Å². The Bertz CT molecular complexity index is 647. The second kappa shape index (κ2) is 3.74. The van der Waals surface area contributed by atoms with Crippen molar-refractivity contribution in [3.05, 3.63) is 23.9 Å². The molecule has 4 heteroatoms. The minimum absolute atomic E-state index is 0.244. The summed E-state index contributed by atoms with van der Waals surface area (Å²) >= 11 is 0. The molecule has 0 radical (unpaired) electrons. The first-order chi connectivity index (χ1) is 8.63. The van der Waals surface area contributed by atoms with Crippen LogP contribution in [0.4, 0.5) is 0 Å². The summed E-state index contributed by atoms with van der Waals surface area (Å²) in [6.07, 6.45) is 3.89. The van der Waals surface area contributed by atoms with Gasteiger partial charge in [-0.15, -0.1) is 0 Å². The van der Waals surface area contributed by atoms with Gasteiger partial charge in [-0.05, 0) is 31.4 Å². The SMILES string of the molecule is Cc1ccc(OCC2(C#N)CC2)c2nn(C)cc12. The Morgan fingerprint density at radius 2 is 2.28 bits per heavy atom. The zero-order valence-corrected chi connectivity index (χ0v) is 10.6. The first kappa shape index (κ1) is 11.1. The molecule has 1 aliphatic carbocycles. The molecule has 0 amide bonds. The van der Waals surface area contributed by atoms with Crippen LogP contribution in [-0.2, 0) is 7.05 Å². The maximum Gasteiger partial charge on any atom is 0.147 e. The van der Waals surface area contributed by atoms with E-state index in [-0.39, 0.29) is 5.41 Å². The fourth-order valence-corrected chi connectivity index (χ4v) is 2.10. The molecule has 3 rings (SSSR count). The van der Waals surface area contributed by atoms with Gasteiger partial charge in [0.25, 0.3) is 0 Å². The molecule has 1 saturated carbocycles. The van der Waals surface area contributed by atoms with Crippen LogP contribution in [0.2, 0.25) is 0 Å². The molecular weight excluding hydrogens is 226 g/mol. The maximum absolute atomic E-state index is 9.05. The van der Waals surface area contributed by atoms with Crippen LogP contribution in [0.1, 0.15) is 18.4 Å². The van der Waals surface area contributed by atoms with Gasteiger partial charge in [0, 0.05) is 18.6 Å². The molecule has 4 nitrogen and oxygen atoms in total. The van der Waals surface area contributed by atoms with Crippen molar-refractivity contribution in [2.45, 2.75) is 19.8 Å². The number of hydrogen-bond acceptors (Lipinski definition) is 3. The van der Waals surface area contributed by atoms with Crippen LogP contribution in [0.25, 0.3) is 10.9 Å². The third-order valence-electron chi connectivity index (χ3n) is 3.57. The summed E-state index contributed by atoms with van der Waals surface area (Å²) in [5.41, 5.74) is 1.82. The lowest BCUT2D eigenvalue weighted by Crippen LogP contribution is -2.10. The van der Waals surface area contributed by atoms with Crippen LogP contribution in [-0.4, -0.2) is 16.4 Å². The Morgan fingerprint density at radius 1 is 1.50 bits per heavy atom. The number of fused-ring (bicyclic) bond motifs is 1. The number of ether oxygens (including phenoxy) is 1. The summed E-state index contributed by atoms with van der Waals surface area (Å²) in [6.45, 7) is 2.53. The number of aromatic nitrogens is 2. The summed E-state index contributed by atoms with van der Waals surface area (Å²) in [4.78, 5) is 0. The van der Waals surface area contributed by atoms with Crippen molar-refractivity contribution in [2.75, 3.05) is 6.61 Å². The van der Waals surface area contributed by atoms with Gasteiger partial charge in [-0.3, -0.25) is 4.68 Å². The van der Waals surface area contributed by atoms with Crippen molar-refractivity contribution in [1.29, 1.82) is 5.26 Å². The fourth-order valence-electron chi connectivity index (χ4n) is 2.10. The van der Waals surface area contributed by atoms with Gasteiger partial charge in [0.05, 0.1) is 11.5 Å². The second-order valence-corrected chi connectivity index (χ2v) is 5.13. The highest BCUT2D eigenvalue weighted by molar-refractivity contribution is 5.87. The first-order valence-electron chi connectivity index (χ1n) is 6.11. The highest BCUT2D eigenvalue weighted by Gasteiger charge is 2.44. The molecule has 1 aromatic heterocycles. The van der Waals surface area contributed by atoms with Crippen molar-refractivity contribution in [3.8, 4) is 11.8 Å². The van der Waals surface area contributed by atoms with E-state index in [1.807, 2.05) is 25.4 Å². The largest absolute Gasteiger partial charge is 0.490 e. The van der Waals surface area contributed by atoms with E-state index in [4.69, 9.17) is 10.00 Å². The molecule has 0 N–H and O–H groups in total. The minimum Gasteiger partial charge on any atom is -0.490 e. The average Bonchev–Trinajstić information content (AvgIpc) is 3.03. The Morgan fingerprint density at radius 3 is 2.94 bits per heavy atom. The second-order valence-electron chi connectivity index (χ2n) is 5.13. The van der Waals surface area contributed by atoms with E-state index >= 15 is 0 Å². The molecule has 0 spiro atoms. The Labute approximate surface area is 106 Å². The quantitative estimate of drug-likeness (QED) is 0.829. The van der Waals surface area contributed by atoms with Crippen molar-refractivity contribution in [3.63, 3.8) is 0 Å². The molecule has 1 fully saturated rings. The molecule has 0 unspecified atom stereocenters. The molecule has 0 bridgehead atoms. The van der Waals surface area contributed by atoms with E-state index in [2.05, 4.69) is 18.1 Å². The van der Waals surface area contributed by atoms with Gasteiger partial charge in [-0.1, -0.05) is 6.07 Å². The van der Waals surface area contributed by atoms with E-state index in [9.17, 15) is 0 Å². The van der Waals surface area contributed by atoms with Gasteiger partial charge in [0.2, 0.25) is 0 Å². The number of nitriles is 1. The molecule has 0 aliphatic heterocycles. The zero-order chi connectivity index (χ0) is 12.8. The molecule has 2 aromatic rings. The minimum atomic E-state index is -0.244. The van der Waals surface area contributed by atoms with E-state index in [1.54, 1.807) is 4.68 Å². The highest BCUT2D eigenvalue weighted by Crippen LogP contribution is 2.45.